The number of hydrogen-bond acceptors (Lipinski definition) is 9. The summed E-state index contributed by atoms with van der Waals surface area (Å²) in [5, 5.41) is 15.3. The van der Waals surface area contributed by atoms with E-state index in [4.69, 9.17) is 10.1 Å². The number of fused-ring (bicyclic) bond motifs is 3. The zero-order valence-corrected chi connectivity index (χ0v) is 32.3. The fourth-order valence-corrected chi connectivity index (χ4v) is 8.95. The number of aryl methyl sites for hydroxylation is 3. The molecule has 1 atom stereocenters. The third-order valence-electron chi connectivity index (χ3n) is 12.1. The highest BCUT2D eigenvalue weighted by atomic mass is 16.2. The molecule has 288 valence electrons. The van der Waals surface area contributed by atoms with Crippen molar-refractivity contribution in [1.29, 1.82) is 0 Å². The summed E-state index contributed by atoms with van der Waals surface area (Å²) in [6, 6.07) is 18.4. The molecule has 3 aromatic carbocycles. The van der Waals surface area contributed by atoms with Crippen LogP contribution < -0.4 is 16.0 Å². The number of carbonyl (C=O) groups is 3. The van der Waals surface area contributed by atoms with E-state index in [1.54, 1.807) is 9.58 Å². The number of rotatable bonds is 8. The lowest BCUT2D eigenvalue weighted by molar-refractivity contribution is -0.133. The third kappa shape index (κ3) is 6.84. The van der Waals surface area contributed by atoms with Crippen molar-refractivity contribution >= 4 is 51.9 Å². The number of amides is 3. The topological polar surface area (TPSA) is 141 Å². The SMILES string of the molecule is Cc1cccc(C)c1Nc1nn(C)c2nc(Nc3ccc4c(c3)CN(CC(=O)N3CCC(c5ccc6c(c5)CN(C5CCCNC5=O)C6=O)CC3)CC4)ncc12. The Morgan fingerprint density at radius 3 is 2.54 bits per heavy atom. The molecule has 0 radical (unpaired) electrons. The van der Waals surface area contributed by atoms with Crippen LogP contribution in [0.2, 0.25) is 0 Å². The van der Waals surface area contributed by atoms with Crippen LogP contribution in [0.5, 0.6) is 0 Å². The summed E-state index contributed by atoms with van der Waals surface area (Å²) in [7, 11) is 1.89. The van der Waals surface area contributed by atoms with Crippen molar-refractivity contribution in [3.8, 4) is 0 Å². The molecule has 0 spiro atoms. The first kappa shape index (κ1) is 35.9. The normalized spacial score (nSPS) is 18.9. The molecule has 9 rings (SSSR count). The van der Waals surface area contributed by atoms with Crippen molar-refractivity contribution in [3.05, 3.63) is 99.7 Å². The summed E-state index contributed by atoms with van der Waals surface area (Å²) >= 11 is 0. The number of likely N-dealkylation sites (tertiary alicyclic amines) is 1. The molecule has 2 aromatic heterocycles. The van der Waals surface area contributed by atoms with E-state index in [1.165, 1.54) is 16.7 Å². The molecule has 0 bridgehead atoms. The summed E-state index contributed by atoms with van der Waals surface area (Å²) in [5.41, 5.74) is 10.4. The first-order chi connectivity index (χ1) is 27.2. The third-order valence-corrected chi connectivity index (χ3v) is 12.1. The molecule has 5 aromatic rings. The smallest absolute Gasteiger partial charge is 0.255 e. The number of nitrogens with one attached hydrogen (secondary N) is 3. The van der Waals surface area contributed by atoms with Crippen LogP contribution in [0.1, 0.15) is 75.3 Å². The second kappa shape index (κ2) is 14.7. The summed E-state index contributed by atoms with van der Waals surface area (Å²) in [6.45, 7) is 8.70. The molecule has 4 aliphatic heterocycles. The van der Waals surface area contributed by atoms with E-state index in [2.05, 4.69) is 88.2 Å². The van der Waals surface area contributed by atoms with Gasteiger partial charge in [0.05, 0.1) is 11.9 Å². The molecular weight excluding hydrogens is 705 g/mol. The number of hydrogen-bond donors (Lipinski definition) is 3. The molecule has 2 saturated heterocycles. The number of benzene rings is 3. The van der Waals surface area contributed by atoms with E-state index >= 15 is 0 Å². The van der Waals surface area contributed by atoms with E-state index in [0.29, 0.717) is 50.0 Å². The van der Waals surface area contributed by atoms with Gasteiger partial charge in [0.15, 0.2) is 11.5 Å². The Balaban J connectivity index is 0.797. The van der Waals surface area contributed by atoms with E-state index in [0.717, 1.165) is 90.2 Å². The number of para-hydroxylation sites is 1. The Hall–Kier alpha value is -5.82. The minimum Gasteiger partial charge on any atom is -0.354 e. The van der Waals surface area contributed by atoms with Crippen molar-refractivity contribution in [2.24, 2.45) is 7.05 Å². The highest BCUT2D eigenvalue weighted by Crippen LogP contribution is 2.34. The Morgan fingerprint density at radius 2 is 1.73 bits per heavy atom. The summed E-state index contributed by atoms with van der Waals surface area (Å²) in [5.74, 6) is 1.63. The summed E-state index contributed by atoms with van der Waals surface area (Å²) in [6.07, 6.45) is 6.08. The fraction of sp³-hybridized carbons (Fsp3) is 0.395. The zero-order valence-electron chi connectivity index (χ0n) is 32.3. The fourth-order valence-electron chi connectivity index (χ4n) is 8.95. The van der Waals surface area contributed by atoms with Gasteiger partial charge in [-0.2, -0.15) is 10.1 Å². The van der Waals surface area contributed by atoms with Gasteiger partial charge in [0.25, 0.3) is 5.91 Å². The lowest BCUT2D eigenvalue weighted by atomic mass is 9.88. The minimum atomic E-state index is -0.386. The van der Waals surface area contributed by atoms with Crippen molar-refractivity contribution in [2.45, 2.75) is 71.0 Å². The van der Waals surface area contributed by atoms with Gasteiger partial charge in [-0.05, 0) is 103 Å². The molecule has 2 fully saturated rings. The molecular formula is C43H48N10O3. The van der Waals surface area contributed by atoms with Crippen LogP contribution in [-0.4, -0.2) is 90.9 Å². The standard InChI is InChI=1S/C43H48N10O3/c1-26-6-4-7-27(2)38(26)47-39-35-22-45-43(48-40(35)50(3)49-39)46-33-11-9-28-13-17-51(23-31(28)21-33)25-37(54)52-18-14-29(15-19-52)30-10-12-34-32(20-30)24-53(42(34)56)36-8-5-16-44-41(36)55/h4,6-7,9-12,20-22,29,36H,5,8,13-19,23-25H2,1-3H3,(H,44,55)(H,47,49)(H,45,46,48). The Morgan fingerprint density at radius 1 is 0.911 bits per heavy atom. The van der Waals surface area contributed by atoms with Crippen LogP contribution in [0.25, 0.3) is 11.0 Å². The maximum atomic E-state index is 13.6. The molecule has 3 amide bonds. The summed E-state index contributed by atoms with van der Waals surface area (Å²) in [4.78, 5) is 54.7. The molecule has 4 aliphatic rings. The number of anilines is 4. The van der Waals surface area contributed by atoms with Crippen LogP contribution >= 0.6 is 0 Å². The maximum absolute atomic E-state index is 13.6. The highest BCUT2D eigenvalue weighted by molar-refractivity contribution is 6.01. The van der Waals surface area contributed by atoms with E-state index in [9.17, 15) is 14.4 Å². The van der Waals surface area contributed by atoms with Crippen molar-refractivity contribution in [1.82, 2.24) is 39.8 Å². The van der Waals surface area contributed by atoms with Crippen molar-refractivity contribution in [2.75, 3.05) is 43.4 Å². The molecule has 1 unspecified atom stereocenters. The lowest BCUT2D eigenvalue weighted by Gasteiger charge is -2.35. The van der Waals surface area contributed by atoms with Gasteiger partial charge in [0.2, 0.25) is 17.8 Å². The molecule has 0 saturated carbocycles. The minimum absolute atomic E-state index is 0.0464. The predicted molar refractivity (Wildman–Crippen MR) is 215 cm³/mol. The van der Waals surface area contributed by atoms with Gasteiger partial charge in [0, 0.05) is 69.5 Å². The van der Waals surface area contributed by atoms with Crippen LogP contribution in [0, 0.1) is 13.8 Å². The Bertz CT molecular complexity index is 2340. The highest BCUT2D eigenvalue weighted by Gasteiger charge is 2.38. The largest absolute Gasteiger partial charge is 0.354 e. The second-order valence-electron chi connectivity index (χ2n) is 15.8. The first-order valence-corrected chi connectivity index (χ1v) is 19.8. The molecule has 13 heteroatoms. The first-order valence-electron chi connectivity index (χ1n) is 19.8. The lowest BCUT2D eigenvalue weighted by Crippen LogP contribution is -2.50. The van der Waals surface area contributed by atoms with E-state index < -0.39 is 0 Å². The van der Waals surface area contributed by atoms with Gasteiger partial charge in [-0.25, -0.2) is 9.67 Å². The Kier molecular flexibility index (Phi) is 9.40. The molecule has 13 nitrogen and oxygen atoms in total. The molecule has 3 N–H and O–H groups in total. The molecule has 6 heterocycles. The molecule has 0 aliphatic carbocycles. The second-order valence-corrected chi connectivity index (χ2v) is 15.8. The van der Waals surface area contributed by atoms with Crippen LogP contribution in [0.4, 0.5) is 23.1 Å². The molecule has 56 heavy (non-hydrogen) atoms. The quantitative estimate of drug-likeness (QED) is 0.188. The number of piperidine rings is 2. The Labute approximate surface area is 326 Å². The van der Waals surface area contributed by atoms with Gasteiger partial charge in [-0.1, -0.05) is 36.4 Å². The number of carbonyl (C=O) groups excluding carboxylic acids is 3. The van der Waals surface area contributed by atoms with Gasteiger partial charge in [0.1, 0.15) is 6.04 Å². The maximum Gasteiger partial charge on any atom is 0.255 e. The van der Waals surface area contributed by atoms with Gasteiger partial charge < -0.3 is 25.8 Å². The van der Waals surface area contributed by atoms with Crippen molar-refractivity contribution in [3.63, 3.8) is 0 Å². The monoisotopic (exact) mass is 752 g/mol. The predicted octanol–water partition coefficient (Wildman–Crippen LogP) is 5.47. The van der Waals surface area contributed by atoms with Crippen LogP contribution in [0.15, 0.2) is 60.8 Å². The van der Waals surface area contributed by atoms with E-state index in [1.807, 2.05) is 24.2 Å². The van der Waals surface area contributed by atoms with Crippen molar-refractivity contribution < 1.29 is 14.4 Å². The van der Waals surface area contributed by atoms with Gasteiger partial charge in [-0.15, -0.1) is 0 Å². The number of aromatic nitrogens is 4. The average Bonchev–Trinajstić information content (AvgIpc) is 3.70. The van der Waals surface area contributed by atoms with Crippen LogP contribution in [-0.2, 0) is 36.1 Å². The average molecular weight is 753 g/mol. The van der Waals surface area contributed by atoms with Gasteiger partial charge in [-0.3, -0.25) is 19.3 Å². The van der Waals surface area contributed by atoms with E-state index in [-0.39, 0.29) is 23.8 Å². The number of nitrogens with zero attached hydrogens (tertiary/aromatic N) is 7. The van der Waals surface area contributed by atoms with Gasteiger partial charge >= 0.3 is 0 Å². The summed E-state index contributed by atoms with van der Waals surface area (Å²) < 4.78 is 1.77. The zero-order chi connectivity index (χ0) is 38.5. The van der Waals surface area contributed by atoms with Crippen LogP contribution in [0.3, 0.4) is 0 Å².